The van der Waals surface area contributed by atoms with E-state index in [0.29, 0.717) is 19.4 Å². The van der Waals surface area contributed by atoms with E-state index in [-0.39, 0.29) is 28.8 Å². The number of unbranched alkanes of at least 4 members (excludes halogenated alkanes) is 3. The normalized spacial score (nSPS) is 10.7. The number of amides is 1. The number of nitrogens with two attached hydrogens (primary N) is 1. The van der Waals surface area contributed by atoms with Gasteiger partial charge < -0.3 is 15.4 Å². The maximum absolute atomic E-state index is 13.0. The van der Waals surface area contributed by atoms with Crippen LogP contribution in [0, 0.1) is 0 Å². The van der Waals surface area contributed by atoms with Gasteiger partial charge in [0.25, 0.3) is 11.5 Å². The van der Waals surface area contributed by atoms with Gasteiger partial charge in [-0.2, -0.15) is 0 Å². The number of hydrogen-bond donors (Lipinski definition) is 2. The molecule has 0 aliphatic carbocycles. The van der Waals surface area contributed by atoms with Gasteiger partial charge >= 0.3 is 11.7 Å². The van der Waals surface area contributed by atoms with Crippen LogP contribution in [-0.4, -0.2) is 39.6 Å². The molecule has 0 unspecified atom stereocenters. The molecule has 3 N–H and O–H groups in total. The highest BCUT2D eigenvalue weighted by atomic mass is 35.5. The van der Waals surface area contributed by atoms with Crippen molar-refractivity contribution in [1.82, 2.24) is 14.5 Å². The Hall–Kier alpha value is -3.14. The van der Waals surface area contributed by atoms with Crippen molar-refractivity contribution in [3.63, 3.8) is 0 Å². The molecule has 0 saturated carbocycles. The summed E-state index contributed by atoms with van der Waals surface area (Å²) in [6.07, 6.45) is 5.03. The van der Waals surface area contributed by atoms with Gasteiger partial charge in [0.05, 0.1) is 5.56 Å². The zero-order valence-electron chi connectivity index (χ0n) is 18.2. The van der Waals surface area contributed by atoms with Crippen LogP contribution in [0.2, 0.25) is 5.15 Å². The van der Waals surface area contributed by atoms with Crippen LogP contribution in [0.5, 0.6) is 0 Å². The lowest BCUT2D eigenvalue weighted by Crippen LogP contribution is -2.43. The molecule has 0 bridgehead atoms. The van der Waals surface area contributed by atoms with Gasteiger partial charge in [0, 0.05) is 19.3 Å². The summed E-state index contributed by atoms with van der Waals surface area (Å²) in [4.78, 5) is 57.2. The van der Waals surface area contributed by atoms with Crippen molar-refractivity contribution in [1.29, 1.82) is 0 Å². The molecular weight excluding hydrogens is 438 g/mol. The molecule has 0 spiro atoms. The Kier molecular flexibility index (Phi) is 9.45. The zero-order valence-corrected chi connectivity index (χ0v) is 19.0. The summed E-state index contributed by atoms with van der Waals surface area (Å²) in [5, 5.41) is 0.215. The van der Waals surface area contributed by atoms with Crippen LogP contribution in [0.3, 0.4) is 0 Å². The number of halogens is 1. The van der Waals surface area contributed by atoms with Gasteiger partial charge in [0.15, 0.2) is 12.3 Å². The van der Waals surface area contributed by atoms with E-state index in [4.69, 9.17) is 22.1 Å². The minimum absolute atomic E-state index is 0.0923. The first-order valence-electron chi connectivity index (χ1n) is 10.5. The van der Waals surface area contributed by atoms with Gasteiger partial charge in [-0.1, -0.05) is 44.7 Å². The molecule has 2 aromatic rings. The monoisotopic (exact) mass is 465 g/mol. The average Bonchev–Trinajstić information content (AvgIpc) is 2.76. The summed E-state index contributed by atoms with van der Waals surface area (Å²) < 4.78 is 6.34. The minimum Gasteiger partial charge on any atom is -0.452 e. The van der Waals surface area contributed by atoms with Crippen molar-refractivity contribution >= 4 is 35.0 Å². The standard InChI is InChI=1S/C21H28ClN5O5/c1-3-5-7-11-26(16(28)13-32-20(30)14-8-9-15(22)24-12-14)17-18(23)27(10-6-4-2)21(31)25-19(17)29/h8-9,12H,3-7,10-11,13,23H2,1-2H3,(H,25,29,31). The molecule has 174 valence electrons. The topological polar surface area (TPSA) is 140 Å². The summed E-state index contributed by atoms with van der Waals surface area (Å²) in [6.45, 7) is 3.84. The molecule has 0 atom stereocenters. The van der Waals surface area contributed by atoms with Crippen molar-refractivity contribution in [3.05, 3.63) is 49.9 Å². The maximum Gasteiger partial charge on any atom is 0.340 e. The maximum atomic E-state index is 13.0. The quantitative estimate of drug-likeness (QED) is 0.295. The first-order chi connectivity index (χ1) is 15.3. The highest BCUT2D eigenvalue weighted by molar-refractivity contribution is 6.29. The first-order valence-corrected chi connectivity index (χ1v) is 10.9. The number of aromatic amines is 1. The van der Waals surface area contributed by atoms with Crippen LogP contribution in [0.1, 0.15) is 56.3 Å². The molecule has 0 radical (unpaired) electrons. The predicted molar refractivity (Wildman–Crippen MR) is 122 cm³/mol. The minimum atomic E-state index is -0.765. The highest BCUT2D eigenvalue weighted by Gasteiger charge is 2.25. The number of nitrogens with one attached hydrogen (secondary N) is 1. The van der Waals surface area contributed by atoms with Crippen LogP contribution in [-0.2, 0) is 16.1 Å². The molecule has 2 aromatic heterocycles. The first kappa shape index (κ1) is 25.1. The third kappa shape index (κ3) is 6.43. The van der Waals surface area contributed by atoms with Gasteiger partial charge in [0.1, 0.15) is 11.0 Å². The van der Waals surface area contributed by atoms with Crippen molar-refractivity contribution in [2.45, 2.75) is 52.5 Å². The average molecular weight is 466 g/mol. The predicted octanol–water partition coefficient (Wildman–Crippen LogP) is 2.35. The molecule has 0 aliphatic heterocycles. The van der Waals surface area contributed by atoms with E-state index in [9.17, 15) is 19.2 Å². The van der Waals surface area contributed by atoms with E-state index in [0.717, 1.165) is 19.3 Å². The molecule has 0 fully saturated rings. The van der Waals surface area contributed by atoms with E-state index in [1.165, 1.54) is 27.8 Å². The number of ether oxygens (including phenoxy) is 1. The second-order valence-electron chi connectivity index (χ2n) is 7.20. The van der Waals surface area contributed by atoms with Crippen LogP contribution in [0.15, 0.2) is 27.9 Å². The number of anilines is 2. The second kappa shape index (κ2) is 12.0. The highest BCUT2D eigenvalue weighted by Crippen LogP contribution is 2.19. The third-order valence-electron chi connectivity index (χ3n) is 4.80. The van der Waals surface area contributed by atoms with Gasteiger partial charge in [-0.25, -0.2) is 14.6 Å². The van der Waals surface area contributed by atoms with Crippen molar-refractivity contribution in [2.24, 2.45) is 0 Å². The van der Waals surface area contributed by atoms with Crippen molar-refractivity contribution in [2.75, 3.05) is 23.8 Å². The Morgan fingerprint density at radius 2 is 1.91 bits per heavy atom. The Balaban J connectivity index is 2.29. The zero-order chi connectivity index (χ0) is 23.7. The van der Waals surface area contributed by atoms with Crippen LogP contribution in [0.4, 0.5) is 11.5 Å². The van der Waals surface area contributed by atoms with E-state index in [2.05, 4.69) is 9.97 Å². The molecule has 1 amide bonds. The third-order valence-corrected chi connectivity index (χ3v) is 5.02. The summed E-state index contributed by atoms with van der Waals surface area (Å²) >= 11 is 5.71. The van der Waals surface area contributed by atoms with Crippen LogP contribution < -0.4 is 21.9 Å². The summed E-state index contributed by atoms with van der Waals surface area (Å²) in [5.74, 6) is -1.48. The number of aromatic nitrogens is 3. The Morgan fingerprint density at radius 1 is 1.19 bits per heavy atom. The number of H-pyrrole nitrogens is 1. The molecule has 0 aromatic carbocycles. The lowest BCUT2D eigenvalue weighted by atomic mass is 10.2. The molecule has 2 rings (SSSR count). The van der Waals surface area contributed by atoms with Crippen molar-refractivity contribution in [3.8, 4) is 0 Å². The van der Waals surface area contributed by atoms with Crippen molar-refractivity contribution < 1.29 is 14.3 Å². The van der Waals surface area contributed by atoms with E-state index >= 15 is 0 Å². The summed E-state index contributed by atoms with van der Waals surface area (Å²) in [6, 6.07) is 2.85. The Labute approximate surface area is 190 Å². The molecule has 2 heterocycles. The van der Waals surface area contributed by atoms with Gasteiger partial charge in [-0.05, 0) is 25.0 Å². The van der Waals surface area contributed by atoms with Crippen LogP contribution >= 0.6 is 11.6 Å². The summed E-state index contributed by atoms with van der Waals surface area (Å²) in [7, 11) is 0. The van der Waals surface area contributed by atoms with Crippen LogP contribution in [0.25, 0.3) is 0 Å². The molecule has 10 nitrogen and oxygen atoms in total. The number of esters is 1. The largest absolute Gasteiger partial charge is 0.452 e. The number of pyridine rings is 1. The fourth-order valence-electron chi connectivity index (χ4n) is 3.04. The number of nitrogens with zero attached hydrogens (tertiary/aromatic N) is 3. The van der Waals surface area contributed by atoms with E-state index < -0.39 is 29.7 Å². The fraction of sp³-hybridized carbons (Fsp3) is 0.476. The fourth-order valence-corrected chi connectivity index (χ4v) is 3.15. The Bertz CT molecular complexity index is 1050. The van der Waals surface area contributed by atoms with Gasteiger partial charge in [-0.15, -0.1) is 0 Å². The molecule has 11 heteroatoms. The number of carbonyl (C=O) groups excluding carboxylic acids is 2. The second-order valence-corrected chi connectivity index (χ2v) is 7.58. The molecule has 32 heavy (non-hydrogen) atoms. The molecule has 0 saturated heterocycles. The number of rotatable bonds is 11. The molecular formula is C21H28ClN5O5. The lowest BCUT2D eigenvalue weighted by Gasteiger charge is -2.24. The SMILES string of the molecule is CCCCCN(C(=O)COC(=O)c1ccc(Cl)nc1)c1c(N)n(CCCC)c(=O)[nH]c1=O. The Morgan fingerprint density at radius 3 is 2.53 bits per heavy atom. The van der Waals surface area contributed by atoms with E-state index in [1.807, 2.05) is 13.8 Å². The number of hydrogen-bond acceptors (Lipinski definition) is 7. The van der Waals surface area contributed by atoms with Gasteiger partial charge in [-0.3, -0.25) is 19.1 Å². The van der Waals surface area contributed by atoms with Gasteiger partial charge in [0.2, 0.25) is 0 Å². The smallest absolute Gasteiger partial charge is 0.340 e. The number of carbonyl (C=O) groups is 2. The lowest BCUT2D eigenvalue weighted by molar-refractivity contribution is -0.121. The molecule has 0 aliphatic rings. The number of nitrogen functional groups attached to an aromatic ring is 1. The summed E-state index contributed by atoms with van der Waals surface area (Å²) in [5.41, 5.74) is 4.76. The van der Waals surface area contributed by atoms with E-state index in [1.54, 1.807) is 0 Å².